The number of hydrogen-bond acceptors (Lipinski definition) is 3. The minimum atomic E-state index is -0.941. The Morgan fingerprint density at radius 3 is 2.89 bits per heavy atom. The minimum Gasteiger partial charge on any atom is -0.481 e. The molecule has 0 aliphatic carbocycles. The molecule has 1 atom stereocenters. The van der Waals surface area contributed by atoms with Crippen molar-refractivity contribution in [3.63, 3.8) is 0 Å². The molecule has 1 fully saturated rings. The van der Waals surface area contributed by atoms with Crippen LogP contribution in [-0.2, 0) is 9.53 Å². The van der Waals surface area contributed by atoms with Crippen LogP contribution in [0.4, 0.5) is 4.79 Å². The number of carboxylic acids is 1. The molecule has 0 spiro atoms. The second kappa shape index (κ2) is 6.87. The molecule has 0 radical (unpaired) electrons. The predicted molar refractivity (Wildman–Crippen MR) is 65.0 cm³/mol. The van der Waals surface area contributed by atoms with E-state index >= 15 is 0 Å². The van der Waals surface area contributed by atoms with Crippen LogP contribution in [0, 0.1) is 12.3 Å². The standard InChI is InChI=1S/C12H18N2O4/c1-3-5-13(4-2)12(17)14-6-7-18-9-10(14)8-11(15)16/h1,10H,4-9H2,2H3,(H,15,16). The van der Waals surface area contributed by atoms with E-state index in [0.717, 1.165) is 0 Å². The van der Waals surface area contributed by atoms with E-state index in [-0.39, 0.29) is 25.6 Å². The number of aliphatic carboxylic acids is 1. The summed E-state index contributed by atoms with van der Waals surface area (Å²) in [6.07, 6.45) is 5.09. The van der Waals surface area contributed by atoms with Gasteiger partial charge in [-0.2, -0.15) is 0 Å². The highest BCUT2D eigenvalue weighted by molar-refractivity contribution is 5.76. The SMILES string of the molecule is C#CCN(CC)C(=O)N1CCOCC1CC(=O)O. The van der Waals surface area contributed by atoms with E-state index in [4.69, 9.17) is 16.3 Å². The number of urea groups is 1. The molecular formula is C12H18N2O4. The summed E-state index contributed by atoms with van der Waals surface area (Å²) >= 11 is 0. The van der Waals surface area contributed by atoms with Gasteiger partial charge in [-0.15, -0.1) is 6.42 Å². The molecule has 18 heavy (non-hydrogen) atoms. The van der Waals surface area contributed by atoms with Crippen LogP contribution in [0.3, 0.4) is 0 Å². The van der Waals surface area contributed by atoms with Crippen LogP contribution < -0.4 is 0 Å². The molecule has 1 heterocycles. The van der Waals surface area contributed by atoms with Crippen LogP contribution >= 0.6 is 0 Å². The van der Waals surface area contributed by atoms with Crippen molar-refractivity contribution in [3.05, 3.63) is 0 Å². The lowest BCUT2D eigenvalue weighted by molar-refractivity contribution is -0.139. The summed E-state index contributed by atoms with van der Waals surface area (Å²) in [6.45, 7) is 3.65. The summed E-state index contributed by atoms with van der Waals surface area (Å²) in [5.41, 5.74) is 0. The number of morpholine rings is 1. The number of carbonyl (C=O) groups excluding carboxylic acids is 1. The molecule has 1 aliphatic rings. The van der Waals surface area contributed by atoms with E-state index in [2.05, 4.69) is 5.92 Å². The lowest BCUT2D eigenvalue weighted by Gasteiger charge is -2.37. The molecule has 1 rings (SSSR count). The van der Waals surface area contributed by atoms with Gasteiger partial charge in [-0.05, 0) is 6.92 Å². The lowest BCUT2D eigenvalue weighted by Crippen LogP contribution is -2.54. The van der Waals surface area contributed by atoms with E-state index < -0.39 is 12.0 Å². The minimum absolute atomic E-state index is 0.112. The van der Waals surface area contributed by atoms with Crippen LogP contribution in [0.1, 0.15) is 13.3 Å². The van der Waals surface area contributed by atoms with Crippen LogP contribution in [-0.4, -0.2) is 65.8 Å². The fourth-order valence-electron chi connectivity index (χ4n) is 1.88. The van der Waals surface area contributed by atoms with Crippen molar-refractivity contribution in [2.75, 3.05) is 32.8 Å². The Bertz CT molecular complexity index is 350. The Labute approximate surface area is 106 Å². The summed E-state index contributed by atoms with van der Waals surface area (Å²) in [5, 5.41) is 8.82. The third-order valence-corrected chi connectivity index (χ3v) is 2.82. The van der Waals surface area contributed by atoms with Gasteiger partial charge in [-0.1, -0.05) is 5.92 Å². The van der Waals surface area contributed by atoms with Crippen LogP contribution in [0.15, 0.2) is 0 Å². The van der Waals surface area contributed by atoms with Crippen molar-refractivity contribution in [3.8, 4) is 12.3 Å². The number of hydrogen-bond donors (Lipinski definition) is 1. The van der Waals surface area contributed by atoms with Gasteiger partial charge in [0.25, 0.3) is 0 Å². The Hall–Kier alpha value is -1.74. The number of rotatable bonds is 4. The normalized spacial score (nSPS) is 19.1. The van der Waals surface area contributed by atoms with E-state index in [0.29, 0.717) is 19.7 Å². The Kier molecular flexibility index (Phi) is 5.46. The molecule has 2 amide bonds. The first-order chi connectivity index (χ1) is 8.60. The van der Waals surface area contributed by atoms with E-state index in [1.54, 1.807) is 4.90 Å². The third-order valence-electron chi connectivity index (χ3n) is 2.82. The maximum Gasteiger partial charge on any atom is 0.321 e. The van der Waals surface area contributed by atoms with Crippen LogP contribution in [0.2, 0.25) is 0 Å². The molecule has 0 bridgehead atoms. The topological polar surface area (TPSA) is 70.1 Å². The Morgan fingerprint density at radius 2 is 2.33 bits per heavy atom. The van der Waals surface area contributed by atoms with Crippen molar-refractivity contribution >= 4 is 12.0 Å². The second-order valence-electron chi connectivity index (χ2n) is 4.02. The maximum absolute atomic E-state index is 12.2. The van der Waals surface area contributed by atoms with E-state index in [9.17, 15) is 9.59 Å². The highest BCUT2D eigenvalue weighted by Crippen LogP contribution is 2.13. The zero-order chi connectivity index (χ0) is 13.5. The highest BCUT2D eigenvalue weighted by atomic mass is 16.5. The largest absolute Gasteiger partial charge is 0.481 e. The van der Waals surface area contributed by atoms with Gasteiger partial charge in [0.15, 0.2) is 0 Å². The molecule has 0 aromatic rings. The first-order valence-electron chi connectivity index (χ1n) is 5.88. The molecule has 0 saturated carbocycles. The number of terminal acetylenes is 1. The number of amides is 2. The summed E-state index contributed by atoms with van der Waals surface area (Å²) < 4.78 is 5.22. The lowest BCUT2D eigenvalue weighted by atomic mass is 10.1. The number of ether oxygens (including phenoxy) is 1. The molecule has 1 saturated heterocycles. The summed E-state index contributed by atoms with van der Waals surface area (Å²) in [4.78, 5) is 26.0. The van der Waals surface area contributed by atoms with Crippen molar-refractivity contribution < 1.29 is 19.4 Å². The van der Waals surface area contributed by atoms with Crippen LogP contribution in [0.5, 0.6) is 0 Å². The van der Waals surface area contributed by atoms with Gasteiger partial charge in [0, 0.05) is 13.1 Å². The molecule has 1 aliphatic heterocycles. The quantitative estimate of drug-likeness (QED) is 0.729. The molecule has 6 nitrogen and oxygen atoms in total. The van der Waals surface area contributed by atoms with Crippen molar-refractivity contribution in [1.29, 1.82) is 0 Å². The van der Waals surface area contributed by atoms with Crippen molar-refractivity contribution in [1.82, 2.24) is 9.80 Å². The summed E-state index contributed by atoms with van der Waals surface area (Å²) in [6, 6.07) is -0.638. The smallest absolute Gasteiger partial charge is 0.321 e. The predicted octanol–water partition coefficient (Wildman–Crippen LogP) is 0.237. The van der Waals surface area contributed by atoms with Gasteiger partial charge in [0.1, 0.15) is 0 Å². The van der Waals surface area contributed by atoms with Crippen molar-refractivity contribution in [2.24, 2.45) is 0 Å². The van der Waals surface area contributed by atoms with Gasteiger partial charge in [-0.25, -0.2) is 4.79 Å². The highest BCUT2D eigenvalue weighted by Gasteiger charge is 2.31. The van der Waals surface area contributed by atoms with Gasteiger partial charge < -0.3 is 19.6 Å². The third kappa shape index (κ3) is 3.64. The molecule has 0 aromatic heterocycles. The van der Waals surface area contributed by atoms with Gasteiger partial charge in [0.2, 0.25) is 0 Å². The molecule has 1 unspecified atom stereocenters. The van der Waals surface area contributed by atoms with Gasteiger partial charge >= 0.3 is 12.0 Å². The molecule has 1 N–H and O–H groups in total. The number of nitrogens with zero attached hydrogens (tertiary/aromatic N) is 2. The summed E-state index contributed by atoms with van der Waals surface area (Å²) in [5.74, 6) is 1.48. The fourth-order valence-corrected chi connectivity index (χ4v) is 1.88. The van der Waals surface area contributed by atoms with E-state index in [1.807, 2.05) is 6.92 Å². The number of carboxylic acid groups (broad SMARTS) is 1. The van der Waals surface area contributed by atoms with Crippen molar-refractivity contribution in [2.45, 2.75) is 19.4 Å². The average Bonchev–Trinajstić information content (AvgIpc) is 2.35. The Morgan fingerprint density at radius 1 is 1.61 bits per heavy atom. The average molecular weight is 254 g/mol. The molecule has 100 valence electrons. The Balaban J connectivity index is 2.73. The fraction of sp³-hybridized carbons (Fsp3) is 0.667. The zero-order valence-corrected chi connectivity index (χ0v) is 10.5. The van der Waals surface area contributed by atoms with Crippen LogP contribution in [0.25, 0.3) is 0 Å². The molecule has 0 aromatic carbocycles. The molecular weight excluding hydrogens is 236 g/mol. The second-order valence-corrected chi connectivity index (χ2v) is 4.02. The maximum atomic E-state index is 12.2. The monoisotopic (exact) mass is 254 g/mol. The zero-order valence-electron chi connectivity index (χ0n) is 10.5. The van der Waals surface area contributed by atoms with Gasteiger partial charge in [0.05, 0.1) is 32.2 Å². The number of carbonyl (C=O) groups is 2. The summed E-state index contributed by atoms with van der Waals surface area (Å²) in [7, 11) is 0. The first-order valence-corrected chi connectivity index (χ1v) is 5.88. The first kappa shape index (κ1) is 14.3. The van der Waals surface area contributed by atoms with Gasteiger partial charge in [-0.3, -0.25) is 4.79 Å². The van der Waals surface area contributed by atoms with E-state index in [1.165, 1.54) is 4.90 Å². The molecule has 6 heteroatoms.